The van der Waals surface area contributed by atoms with E-state index in [2.05, 4.69) is 66.5 Å². The minimum Gasteiger partial charge on any atom is -0.393 e. The predicted molar refractivity (Wildman–Crippen MR) is 147 cm³/mol. The lowest BCUT2D eigenvalue weighted by atomic mass is 9.85. The largest absolute Gasteiger partial charge is 0.393 e. The molecule has 0 radical (unpaired) electrons. The van der Waals surface area contributed by atoms with Gasteiger partial charge in [-0.05, 0) is 55.1 Å². The molecule has 1 heterocycles. The van der Waals surface area contributed by atoms with Gasteiger partial charge in [0.25, 0.3) is 0 Å². The second-order valence-electron chi connectivity index (χ2n) is 9.06. The van der Waals surface area contributed by atoms with Gasteiger partial charge >= 0.3 is 0 Å². The highest BCUT2D eigenvalue weighted by Gasteiger charge is 2.21. The topological polar surface area (TPSA) is 36.0 Å². The lowest BCUT2D eigenvalue weighted by molar-refractivity contribution is 0.162. The average molecular weight is 482 g/mol. The molecule has 0 aliphatic carbocycles. The minimum absolute atomic E-state index is 0.131. The van der Waals surface area contributed by atoms with E-state index in [9.17, 15) is 5.11 Å². The molecule has 3 aromatic rings. The highest BCUT2D eigenvalue weighted by Crippen LogP contribution is 2.35. The number of aliphatic hydroxyl groups is 1. The summed E-state index contributed by atoms with van der Waals surface area (Å²) >= 11 is 7.01. The van der Waals surface area contributed by atoms with Crippen molar-refractivity contribution in [2.45, 2.75) is 89.6 Å². The Morgan fingerprint density at radius 1 is 0.909 bits per heavy atom. The number of aromatic amines is 1. The summed E-state index contributed by atoms with van der Waals surface area (Å²) in [7, 11) is 0. The Labute approximate surface area is 208 Å². The number of allylic oxidation sites excluding steroid dienone is 1. The fourth-order valence-electron chi connectivity index (χ4n) is 4.55. The zero-order chi connectivity index (χ0) is 23.3. The van der Waals surface area contributed by atoms with E-state index in [0.717, 1.165) is 15.9 Å². The molecule has 1 aromatic heterocycles. The highest BCUT2D eigenvalue weighted by atomic mass is 32.1. The van der Waals surface area contributed by atoms with E-state index in [1.807, 2.05) is 6.07 Å². The molecule has 0 fully saturated rings. The predicted octanol–water partition coefficient (Wildman–Crippen LogP) is 9.32. The van der Waals surface area contributed by atoms with Crippen molar-refractivity contribution >= 4 is 33.8 Å². The number of rotatable bonds is 15. The second-order valence-corrected chi connectivity index (χ2v) is 10.8. The maximum absolute atomic E-state index is 10.9. The van der Waals surface area contributed by atoms with Crippen molar-refractivity contribution in [1.82, 2.24) is 4.98 Å². The van der Waals surface area contributed by atoms with Gasteiger partial charge in [-0.15, -0.1) is 11.3 Å². The van der Waals surface area contributed by atoms with Crippen molar-refractivity contribution in [3.63, 3.8) is 0 Å². The number of aromatic nitrogens is 1. The van der Waals surface area contributed by atoms with Gasteiger partial charge in [-0.3, -0.25) is 0 Å². The summed E-state index contributed by atoms with van der Waals surface area (Å²) in [5.74, 6) is 0.131. The van der Waals surface area contributed by atoms with Crippen molar-refractivity contribution in [3.8, 4) is 0 Å². The van der Waals surface area contributed by atoms with Gasteiger partial charge in [-0.1, -0.05) is 106 Å². The second kappa shape index (κ2) is 14.5. The first-order valence-electron chi connectivity index (χ1n) is 12.7. The van der Waals surface area contributed by atoms with Crippen LogP contribution in [0, 0.1) is 3.95 Å². The number of unbranched alkanes of at least 4 members (excludes halogenated alkanes) is 8. The molecule has 0 saturated carbocycles. The summed E-state index contributed by atoms with van der Waals surface area (Å²) in [6.45, 7) is 2.27. The summed E-state index contributed by atoms with van der Waals surface area (Å²) in [6.07, 6.45) is 17.4. The van der Waals surface area contributed by atoms with Gasteiger partial charge in [-0.25, -0.2) is 0 Å². The van der Waals surface area contributed by atoms with Crippen molar-refractivity contribution in [1.29, 1.82) is 0 Å². The van der Waals surface area contributed by atoms with E-state index in [1.165, 1.54) is 67.2 Å². The molecule has 0 amide bonds. The Morgan fingerprint density at radius 3 is 2.39 bits per heavy atom. The van der Waals surface area contributed by atoms with Crippen LogP contribution in [-0.2, 0) is 0 Å². The summed E-state index contributed by atoms with van der Waals surface area (Å²) in [5.41, 5.74) is 3.56. The van der Waals surface area contributed by atoms with E-state index in [0.29, 0.717) is 12.8 Å². The molecule has 33 heavy (non-hydrogen) atoms. The molecule has 2 atom stereocenters. The molecule has 0 bridgehead atoms. The molecule has 3 rings (SSSR count). The van der Waals surface area contributed by atoms with Gasteiger partial charge in [0.15, 0.2) is 3.95 Å². The monoisotopic (exact) mass is 481 g/mol. The van der Waals surface area contributed by atoms with Gasteiger partial charge in [0, 0.05) is 5.92 Å². The third-order valence-electron chi connectivity index (χ3n) is 6.37. The minimum atomic E-state index is -0.373. The van der Waals surface area contributed by atoms with Crippen LogP contribution in [0.2, 0.25) is 0 Å². The standard InChI is InChI=1S/C29H39NOS2/c1-2-3-4-5-6-7-8-9-10-11-15-19-24(31)22-26(23-17-13-12-14-18-23)25-20-16-21-27-28(25)30-29(32)33-27/h11-18,20-21,24,26,31H,2-10,19,22H2,1H3,(H,30,32). The number of nitrogens with one attached hydrogen (secondary N) is 1. The van der Waals surface area contributed by atoms with Crippen molar-refractivity contribution in [2.75, 3.05) is 0 Å². The fraction of sp³-hybridized carbons (Fsp3) is 0.483. The maximum Gasteiger partial charge on any atom is 0.159 e. The van der Waals surface area contributed by atoms with Crippen LogP contribution in [0.3, 0.4) is 0 Å². The molecule has 2 nitrogen and oxygen atoms in total. The molecule has 178 valence electrons. The zero-order valence-corrected chi connectivity index (χ0v) is 21.6. The molecule has 2 aromatic carbocycles. The van der Waals surface area contributed by atoms with Crippen LogP contribution >= 0.6 is 23.6 Å². The molecule has 4 heteroatoms. The third kappa shape index (κ3) is 8.51. The van der Waals surface area contributed by atoms with Crippen molar-refractivity contribution in [3.05, 3.63) is 75.8 Å². The van der Waals surface area contributed by atoms with E-state index >= 15 is 0 Å². The van der Waals surface area contributed by atoms with Gasteiger partial charge in [0.2, 0.25) is 0 Å². The number of benzene rings is 2. The van der Waals surface area contributed by atoms with Crippen LogP contribution < -0.4 is 0 Å². The molecule has 0 saturated heterocycles. The molecule has 0 aliphatic heterocycles. The molecule has 0 aliphatic rings. The van der Waals surface area contributed by atoms with Crippen LogP contribution in [0.15, 0.2) is 60.7 Å². The van der Waals surface area contributed by atoms with Gasteiger partial charge < -0.3 is 10.1 Å². The Kier molecular flexibility index (Phi) is 11.4. The quantitative estimate of drug-likeness (QED) is 0.129. The van der Waals surface area contributed by atoms with Crippen LogP contribution in [0.1, 0.15) is 94.6 Å². The first kappa shape index (κ1) is 25.9. The number of thiazole rings is 1. The Bertz CT molecular complexity index is 1020. The summed E-state index contributed by atoms with van der Waals surface area (Å²) in [4.78, 5) is 3.38. The van der Waals surface area contributed by atoms with Crippen LogP contribution in [0.25, 0.3) is 10.2 Å². The first-order valence-corrected chi connectivity index (χ1v) is 13.9. The van der Waals surface area contributed by atoms with Gasteiger partial charge in [0.05, 0.1) is 16.3 Å². The van der Waals surface area contributed by atoms with Crippen LogP contribution in [-0.4, -0.2) is 16.2 Å². The van der Waals surface area contributed by atoms with E-state index < -0.39 is 0 Å². The van der Waals surface area contributed by atoms with Crippen molar-refractivity contribution < 1.29 is 5.11 Å². The Balaban J connectivity index is 1.52. The van der Waals surface area contributed by atoms with E-state index in [-0.39, 0.29) is 12.0 Å². The number of H-pyrrole nitrogens is 1. The molecular weight excluding hydrogens is 442 g/mol. The number of aliphatic hydroxyl groups excluding tert-OH is 1. The molecule has 2 unspecified atom stereocenters. The molecule has 0 spiro atoms. The van der Waals surface area contributed by atoms with Crippen molar-refractivity contribution in [2.24, 2.45) is 0 Å². The van der Waals surface area contributed by atoms with Gasteiger partial charge in [-0.2, -0.15) is 0 Å². The van der Waals surface area contributed by atoms with E-state index in [1.54, 1.807) is 11.3 Å². The van der Waals surface area contributed by atoms with Gasteiger partial charge in [0.1, 0.15) is 0 Å². The Hall–Kier alpha value is -1.75. The van der Waals surface area contributed by atoms with Crippen LogP contribution in [0.5, 0.6) is 0 Å². The zero-order valence-electron chi connectivity index (χ0n) is 20.0. The molecular formula is C29H39NOS2. The average Bonchev–Trinajstić information content (AvgIpc) is 3.22. The summed E-state index contributed by atoms with van der Waals surface area (Å²) < 4.78 is 1.98. The lowest BCUT2D eigenvalue weighted by Gasteiger charge is -2.21. The first-order chi connectivity index (χ1) is 16.2. The summed E-state index contributed by atoms with van der Waals surface area (Å²) in [5, 5.41) is 10.9. The Morgan fingerprint density at radius 2 is 1.64 bits per heavy atom. The number of fused-ring (bicyclic) bond motifs is 1. The number of hydrogen-bond acceptors (Lipinski definition) is 3. The van der Waals surface area contributed by atoms with E-state index in [4.69, 9.17) is 12.2 Å². The molecule has 2 N–H and O–H groups in total. The smallest absolute Gasteiger partial charge is 0.159 e. The SMILES string of the molecule is CCCCCCCCCCC=CCC(O)CC(c1ccccc1)c1cccc2sc(=S)[nH]c12. The maximum atomic E-state index is 10.9. The normalized spacial score (nSPS) is 13.6. The fourth-order valence-corrected chi connectivity index (χ4v) is 5.69. The summed E-state index contributed by atoms with van der Waals surface area (Å²) in [6, 6.07) is 16.9. The van der Waals surface area contributed by atoms with Crippen LogP contribution in [0.4, 0.5) is 0 Å². The lowest BCUT2D eigenvalue weighted by Crippen LogP contribution is -2.13. The number of para-hydroxylation sites is 1. The third-order valence-corrected chi connectivity index (χ3v) is 7.57. The highest BCUT2D eigenvalue weighted by molar-refractivity contribution is 7.73. The number of hydrogen-bond donors (Lipinski definition) is 2.